The van der Waals surface area contributed by atoms with Crippen LogP contribution in [0.15, 0.2) is 0 Å². The van der Waals surface area contributed by atoms with Gasteiger partial charge in [0.05, 0.1) is 12.7 Å². The van der Waals surface area contributed by atoms with Gasteiger partial charge in [-0.05, 0) is 13.8 Å². The average Bonchev–Trinajstić information content (AvgIpc) is 1.87. The quantitative estimate of drug-likeness (QED) is 0.451. The third-order valence-corrected chi connectivity index (χ3v) is 1.28. The van der Waals surface area contributed by atoms with Gasteiger partial charge in [0.2, 0.25) is 0 Å². The molecule has 4 heteroatoms. The summed E-state index contributed by atoms with van der Waals surface area (Å²) < 4.78 is 10.1. The van der Waals surface area contributed by atoms with E-state index in [0.717, 1.165) is 0 Å². The number of ether oxygens (including phenoxy) is 2. The largest absolute Gasteiger partial charge is 0.385 e. The molecule has 0 rings (SSSR count). The van der Waals surface area contributed by atoms with Crippen molar-refractivity contribution in [2.24, 2.45) is 5.73 Å². The predicted octanol–water partition coefficient (Wildman–Crippen LogP) is 0.362. The molecular formula is C7H16N2O2. The number of hydrogen-bond acceptors (Lipinski definition) is 3. The first kappa shape index (κ1) is 10.4. The smallest absolute Gasteiger partial charge is 0.120 e. The highest BCUT2D eigenvalue weighted by Gasteiger charge is 2.09. The molecule has 0 saturated heterocycles. The predicted molar refractivity (Wildman–Crippen MR) is 43.8 cm³/mol. The highest BCUT2D eigenvalue weighted by atomic mass is 16.5. The summed E-state index contributed by atoms with van der Waals surface area (Å²) >= 11 is 0. The van der Waals surface area contributed by atoms with Gasteiger partial charge in [0, 0.05) is 7.11 Å². The zero-order valence-corrected chi connectivity index (χ0v) is 7.26. The third kappa shape index (κ3) is 4.75. The van der Waals surface area contributed by atoms with Crippen molar-refractivity contribution in [3.05, 3.63) is 0 Å². The number of methoxy groups -OCH3 is 1. The molecule has 0 bridgehead atoms. The molecule has 4 nitrogen and oxygen atoms in total. The topological polar surface area (TPSA) is 68.3 Å². The number of nitrogens with one attached hydrogen (secondary N) is 1. The van der Waals surface area contributed by atoms with E-state index < -0.39 is 0 Å². The van der Waals surface area contributed by atoms with Gasteiger partial charge >= 0.3 is 0 Å². The van der Waals surface area contributed by atoms with E-state index in [1.54, 1.807) is 14.0 Å². The van der Waals surface area contributed by atoms with Crippen LogP contribution in [-0.2, 0) is 9.47 Å². The number of hydrogen-bond donors (Lipinski definition) is 2. The summed E-state index contributed by atoms with van der Waals surface area (Å²) in [5, 5.41) is 7.04. The van der Waals surface area contributed by atoms with Crippen LogP contribution in [0.2, 0.25) is 0 Å². The molecule has 0 aromatic rings. The van der Waals surface area contributed by atoms with Crippen molar-refractivity contribution in [3.63, 3.8) is 0 Å². The summed E-state index contributed by atoms with van der Waals surface area (Å²) in [7, 11) is 1.61. The van der Waals surface area contributed by atoms with E-state index in [2.05, 4.69) is 0 Å². The molecule has 66 valence electrons. The minimum Gasteiger partial charge on any atom is -0.385 e. The normalized spacial score (nSPS) is 15.9. The van der Waals surface area contributed by atoms with Crippen LogP contribution < -0.4 is 5.73 Å². The van der Waals surface area contributed by atoms with Crippen molar-refractivity contribution in [1.29, 1.82) is 5.41 Å². The van der Waals surface area contributed by atoms with Gasteiger partial charge in [-0.2, -0.15) is 0 Å². The molecule has 0 spiro atoms. The number of rotatable bonds is 5. The molecule has 0 amide bonds. The fourth-order valence-corrected chi connectivity index (χ4v) is 0.696. The zero-order valence-electron chi connectivity index (χ0n) is 7.26. The lowest BCUT2D eigenvalue weighted by Crippen LogP contribution is -2.32. The van der Waals surface area contributed by atoms with Crippen LogP contribution in [0, 0.1) is 5.41 Å². The Morgan fingerprint density at radius 1 is 1.55 bits per heavy atom. The van der Waals surface area contributed by atoms with Crippen molar-refractivity contribution in [3.8, 4) is 0 Å². The van der Waals surface area contributed by atoms with Crippen LogP contribution in [0.4, 0.5) is 0 Å². The molecule has 3 N–H and O–H groups in total. The first-order valence-corrected chi connectivity index (χ1v) is 3.56. The van der Waals surface area contributed by atoms with Crippen molar-refractivity contribution < 1.29 is 9.47 Å². The molecule has 0 aliphatic rings. The van der Waals surface area contributed by atoms with E-state index in [1.165, 1.54) is 0 Å². The first-order valence-electron chi connectivity index (χ1n) is 3.56. The Morgan fingerprint density at radius 3 is 2.45 bits per heavy atom. The Hall–Kier alpha value is -0.610. The molecule has 0 saturated carbocycles. The van der Waals surface area contributed by atoms with Crippen LogP contribution in [0.25, 0.3) is 0 Å². The molecule has 2 unspecified atom stereocenters. The van der Waals surface area contributed by atoms with E-state index in [0.29, 0.717) is 6.61 Å². The van der Waals surface area contributed by atoms with Crippen LogP contribution in [0.1, 0.15) is 13.8 Å². The first-order chi connectivity index (χ1) is 5.07. The standard InChI is InChI=1S/C7H16N2O2/c1-5(4-10-3)11-6(2)7(8)9/h5-6H,4H2,1-3H3,(H3,8,9). The second-order valence-corrected chi connectivity index (χ2v) is 2.50. The Balaban J connectivity index is 3.56. The molecule has 0 aliphatic heterocycles. The summed E-state index contributed by atoms with van der Waals surface area (Å²) in [5.41, 5.74) is 5.20. The second-order valence-electron chi connectivity index (χ2n) is 2.50. The van der Waals surface area contributed by atoms with Crippen LogP contribution >= 0.6 is 0 Å². The number of nitrogens with two attached hydrogens (primary N) is 1. The van der Waals surface area contributed by atoms with Gasteiger partial charge in [-0.25, -0.2) is 0 Å². The summed E-state index contributed by atoms with van der Waals surface area (Å²) in [6, 6.07) is 0. The molecule has 0 aliphatic carbocycles. The molecular weight excluding hydrogens is 144 g/mol. The lowest BCUT2D eigenvalue weighted by Gasteiger charge is -2.16. The minimum absolute atomic E-state index is 0.0149. The molecule has 0 aromatic heterocycles. The maximum absolute atomic E-state index is 7.04. The third-order valence-electron chi connectivity index (χ3n) is 1.28. The zero-order chi connectivity index (χ0) is 8.85. The van der Waals surface area contributed by atoms with E-state index in [4.69, 9.17) is 20.6 Å². The fraction of sp³-hybridized carbons (Fsp3) is 0.857. The Labute approximate surface area is 67.2 Å². The van der Waals surface area contributed by atoms with Gasteiger partial charge < -0.3 is 15.2 Å². The molecule has 0 heterocycles. The molecule has 0 aromatic carbocycles. The monoisotopic (exact) mass is 160 g/mol. The van der Waals surface area contributed by atoms with E-state index in [-0.39, 0.29) is 18.0 Å². The van der Waals surface area contributed by atoms with E-state index in [1.807, 2.05) is 6.92 Å². The van der Waals surface area contributed by atoms with E-state index in [9.17, 15) is 0 Å². The van der Waals surface area contributed by atoms with Gasteiger partial charge in [-0.15, -0.1) is 0 Å². The van der Waals surface area contributed by atoms with Crippen LogP contribution in [-0.4, -0.2) is 31.8 Å². The second kappa shape index (κ2) is 5.09. The molecule has 0 radical (unpaired) electrons. The maximum atomic E-state index is 7.04. The van der Waals surface area contributed by atoms with Gasteiger partial charge in [0.15, 0.2) is 0 Å². The van der Waals surface area contributed by atoms with E-state index >= 15 is 0 Å². The maximum Gasteiger partial charge on any atom is 0.120 e. The average molecular weight is 160 g/mol. The van der Waals surface area contributed by atoms with Crippen molar-refractivity contribution in [2.45, 2.75) is 26.1 Å². The van der Waals surface area contributed by atoms with Crippen LogP contribution in [0.5, 0.6) is 0 Å². The molecule has 2 atom stereocenters. The summed E-state index contributed by atoms with van der Waals surface area (Å²) in [4.78, 5) is 0. The van der Waals surface area contributed by atoms with Gasteiger partial charge in [-0.1, -0.05) is 0 Å². The summed E-state index contributed by atoms with van der Waals surface area (Å²) in [6.45, 7) is 4.15. The minimum atomic E-state index is -0.319. The lowest BCUT2D eigenvalue weighted by atomic mass is 10.3. The fourth-order valence-electron chi connectivity index (χ4n) is 0.696. The van der Waals surface area contributed by atoms with Crippen molar-refractivity contribution >= 4 is 5.84 Å². The Kier molecular flexibility index (Phi) is 4.81. The van der Waals surface area contributed by atoms with Gasteiger partial charge in [0.1, 0.15) is 11.9 Å². The number of amidine groups is 1. The summed E-state index contributed by atoms with van der Waals surface area (Å²) in [6.07, 6.45) is -0.334. The molecule has 0 fully saturated rings. The van der Waals surface area contributed by atoms with Crippen molar-refractivity contribution in [2.75, 3.05) is 13.7 Å². The SMILES string of the molecule is COCC(C)OC(C)C(=N)N. The Morgan fingerprint density at radius 2 is 2.09 bits per heavy atom. The van der Waals surface area contributed by atoms with Gasteiger partial charge in [0.25, 0.3) is 0 Å². The Bertz CT molecular complexity index is 128. The lowest BCUT2D eigenvalue weighted by molar-refractivity contribution is -0.00616. The van der Waals surface area contributed by atoms with Crippen molar-refractivity contribution in [1.82, 2.24) is 0 Å². The van der Waals surface area contributed by atoms with Crippen LogP contribution in [0.3, 0.4) is 0 Å². The molecule has 11 heavy (non-hydrogen) atoms. The highest BCUT2D eigenvalue weighted by molar-refractivity contribution is 5.81. The summed E-state index contributed by atoms with van der Waals surface area (Å²) in [5.74, 6) is 0.0490. The van der Waals surface area contributed by atoms with Gasteiger partial charge in [-0.3, -0.25) is 5.41 Å². The highest BCUT2D eigenvalue weighted by Crippen LogP contribution is 1.97.